The number of fused-ring (bicyclic) bond motifs is 2. The molecule has 0 saturated heterocycles. The highest BCUT2D eigenvalue weighted by Crippen LogP contribution is 2.39. The highest BCUT2D eigenvalue weighted by atomic mass is 32.1. The normalized spacial score (nSPS) is 14.7. The van der Waals surface area contributed by atoms with Gasteiger partial charge in [-0.15, -0.1) is 34.0 Å². The summed E-state index contributed by atoms with van der Waals surface area (Å²) in [6.45, 7) is 14.9. The van der Waals surface area contributed by atoms with E-state index in [-0.39, 0.29) is 11.8 Å². The van der Waals surface area contributed by atoms with E-state index in [1.165, 1.54) is 148 Å². The van der Waals surface area contributed by atoms with Crippen LogP contribution in [0.15, 0.2) is 48.5 Å². The molecule has 6 rings (SSSR count). The number of carbonyl (C=O) groups excluding carboxylic acids is 2. The number of nitrogens with zero attached hydrogens (tertiary/aromatic N) is 2. The lowest BCUT2D eigenvalue weighted by Crippen LogP contribution is -2.35. The molecule has 2 amide bonds. The van der Waals surface area contributed by atoms with E-state index in [0.717, 1.165) is 81.5 Å². The molecule has 4 nitrogen and oxygen atoms in total. The average Bonchev–Trinajstić information content (AvgIpc) is 4.12. The summed E-state index contributed by atoms with van der Waals surface area (Å²) >= 11 is 5.28. The van der Waals surface area contributed by atoms with Gasteiger partial charge >= 0.3 is 0 Å². The van der Waals surface area contributed by atoms with E-state index in [4.69, 9.17) is 0 Å². The number of rotatable bonds is 31. The first-order valence-corrected chi connectivity index (χ1v) is 28.0. The molecule has 0 bridgehead atoms. The van der Waals surface area contributed by atoms with Gasteiger partial charge in [0.1, 0.15) is 0 Å². The Kier molecular flexibility index (Phi) is 20.1. The minimum atomic E-state index is 0.134. The lowest BCUT2D eigenvalue weighted by Gasteiger charge is -2.27. The average molecular weight is 909 g/mol. The molecule has 2 aliphatic heterocycles. The maximum Gasteiger partial charge on any atom is 0.260 e. The fourth-order valence-corrected chi connectivity index (χ4v) is 13.0. The lowest BCUT2D eigenvalue weighted by molar-refractivity contribution is -0.114. The molecule has 5 heterocycles. The van der Waals surface area contributed by atoms with Crippen molar-refractivity contribution in [2.24, 2.45) is 11.8 Å². The van der Waals surface area contributed by atoms with Crippen LogP contribution in [0.5, 0.6) is 0 Å². The molecule has 7 heteroatoms. The van der Waals surface area contributed by atoms with Crippen molar-refractivity contribution in [2.45, 2.75) is 196 Å². The topological polar surface area (TPSA) is 40.6 Å². The van der Waals surface area contributed by atoms with Crippen LogP contribution in [0.1, 0.15) is 201 Å². The van der Waals surface area contributed by atoms with Gasteiger partial charge in [-0.1, -0.05) is 156 Å². The van der Waals surface area contributed by atoms with E-state index in [1.807, 2.05) is 11.3 Å². The second kappa shape index (κ2) is 25.6. The summed E-state index contributed by atoms with van der Waals surface area (Å²) in [5.74, 6) is 1.17. The molecule has 0 saturated carbocycles. The van der Waals surface area contributed by atoms with Crippen LogP contribution in [0.3, 0.4) is 0 Å². The Morgan fingerprint density at radius 1 is 0.413 bits per heavy atom. The number of hydrogen-bond donors (Lipinski definition) is 0. The van der Waals surface area contributed by atoms with Gasteiger partial charge in [0.2, 0.25) is 0 Å². The van der Waals surface area contributed by atoms with E-state index in [1.54, 1.807) is 22.7 Å². The third-order valence-electron chi connectivity index (χ3n) is 13.7. The van der Waals surface area contributed by atoms with E-state index >= 15 is 9.59 Å². The van der Waals surface area contributed by atoms with Gasteiger partial charge in [0.15, 0.2) is 0 Å². The molecule has 0 spiro atoms. The standard InChI is InChI=1S/C56H80N2O2S3/c1-7-11-15-19-21-25-29-43(27-23-17-13-9-3)39-57-47-38-46-48(37-45(47)53(55(57)59)51-34-32-42(6)62-51)58(40-44(28-24-18-14-10-4)30-26-22-20-16-12-8-2)56(60)54(46)52-36-35-50(63-52)49-33-31-41(5)61-49/h31-38,43-44H,7-30,39-40H2,1-6H3. The van der Waals surface area contributed by atoms with Crippen molar-refractivity contribution in [2.75, 3.05) is 22.9 Å². The number of hydrogen-bond acceptors (Lipinski definition) is 5. The maximum absolute atomic E-state index is 15.3. The van der Waals surface area contributed by atoms with Gasteiger partial charge in [-0.25, -0.2) is 0 Å². The van der Waals surface area contributed by atoms with Crippen molar-refractivity contribution >= 4 is 68.3 Å². The van der Waals surface area contributed by atoms with E-state index in [9.17, 15) is 0 Å². The predicted octanol–water partition coefficient (Wildman–Crippen LogP) is 15.9. The van der Waals surface area contributed by atoms with Gasteiger partial charge in [0, 0.05) is 52.8 Å². The molecule has 2 aliphatic rings. The molecule has 2 unspecified atom stereocenters. The molecule has 3 aromatic heterocycles. The molecular formula is C56H80N2O2S3. The van der Waals surface area contributed by atoms with Gasteiger partial charge in [0.25, 0.3) is 11.8 Å². The first-order chi connectivity index (χ1) is 30.8. The molecule has 1 aromatic carbocycles. The summed E-state index contributed by atoms with van der Waals surface area (Å²) in [4.78, 5) is 41.7. The molecule has 0 fully saturated rings. The van der Waals surface area contributed by atoms with Gasteiger partial charge in [-0.3, -0.25) is 9.59 Å². The quantitative estimate of drug-likeness (QED) is 0.0472. The number of thiophene rings is 3. The highest BCUT2D eigenvalue weighted by Gasteiger charge is 2.38. The number of unbranched alkanes of at least 4 members (excludes halogenated alkanes) is 16. The Labute approximate surface area is 394 Å². The number of carbonyl (C=O) groups is 2. The van der Waals surface area contributed by atoms with Crippen molar-refractivity contribution in [3.8, 4) is 9.75 Å². The fraction of sp³-hybridized carbons (Fsp3) is 0.607. The Morgan fingerprint density at radius 3 is 1.13 bits per heavy atom. The van der Waals surface area contributed by atoms with Crippen molar-refractivity contribution in [3.05, 3.63) is 78.5 Å². The zero-order chi connectivity index (χ0) is 44.6. The van der Waals surface area contributed by atoms with Crippen LogP contribution in [0.25, 0.3) is 20.9 Å². The number of aryl methyl sites for hydroxylation is 2. The summed E-state index contributed by atoms with van der Waals surface area (Å²) in [5.41, 5.74) is 3.64. The van der Waals surface area contributed by atoms with Crippen LogP contribution in [-0.4, -0.2) is 24.9 Å². The lowest BCUT2D eigenvalue weighted by atomic mass is 9.93. The van der Waals surface area contributed by atoms with Crippen molar-refractivity contribution in [3.63, 3.8) is 0 Å². The zero-order valence-corrected chi connectivity index (χ0v) is 42.5. The molecule has 0 N–H and O–H groups in total. The summed E-state index contributed by atoms with van der Waals surface area (Å²) in [5, 5.41) is 2.02. The SMILES string of the molecule is CCCCCCCCC(CCCCCC)CN1C(=O)C(c2ccc(C)s2)=c2cc3c(cc21)=C(c1ccc(-c2ccc(C)s2)s1)C(=O)N3CC(CCCCCC)CCCCCCCC. The van der Waals surface area contributed by atoms with Crippen LogP contribution in [0.2, 0.25) is 0 Å². The second-order valence-electron chi connectivity index (χ2n) is 19.0. The monoisotopic (exact) mass is 909 g/mol. The highest BCUT2D eigenvalue weighted by molar-refractivity contribution is 7.22. The predicted molar refractivity (Wildman–Crippen MR) is 277 cm³/mol. The van der Waals surface area contributed by atoms with Crippen LogP contribution >= 0.6 is 34.0 Å². The number of benzene rings is 1. The molecule has 0 radical (unpaired) electrons. The van der Waals surface area contributed by atoms with Gasteiger partial charge in [-0.2, -0.15) is 0 Å². The van der Waals surface area contributed by atoms with Gasteiger partial charge in [-0.05, 0) is 99.9 Å². The molecule has 2 atom stereocenters. The summed E-state index contributed by atoms with van der Waals surface area (Å²) < 4.78 is 0. The maximum atomic E-state index is 15.3. The minimum Gasteiger partial charge on any atom is -0.307 e. The van der Waals surface area contributed by atoms with E-state index < -0.39 is 0 Å². The van der Waals surface area contributed by atoms with Crippen LogP contribution in [-0.2, 0) is 9.59 Å². The molecular weight excluding hydrogens is 829 g/mol. The summed E-state index contributed by atoms with van der Waals surface area (Å²) in [7, 11) is 0. The first kappa shape index (κ1) is 49.4. The minimum absolute atomic E-state index is 0.134. The summed E-state index contributed by atoms with van der Waals surface area (Å²) in [6.07, 6.45) is 30.1. The Balaban J connectivity index is 1.42. The smallest absolute Gasteiger partial charge is 0.260 e. The zero-order valence-electron chi connectivity index (χ0n) is 40.1. The van der Waals surface area contributed by atoms with Crippen molar-refractivity contribution < 1.29 is 9.59 Å². The number of amides is 2. The fourth-order valence-electron chi connectivity index (χ4n) is 10.0. The molecule has 4 aromatic rings. The first-order valence-electron chi connectivity index (χ1n) is 25.6. The van der Waals surface area contributed by atoms with Gasteiger partial charge in [0.05, 0.1) is 22.5 Å². The Morgan fingerprint density at radius 2 is 0.730 bits per heavy atom. The van der Waals surface area contributed by atoms with Crippen LogP contribution in [0, 0.1) is 25.7 Å². The van der Waals surface area contributed by atoms with E-state index in [2.05, 4.69) is 99.9 Å². The van der Waals surface area contributed by atoms with Gasteiger partial charge < -0.3 is 9.80 Å². The van der Waals surface area contributed by atoms with Crippen molar-refractivity contribution in [1.82, 2.24) is 0 Å². The van der Waals surface area contributed by atoms with Crippen molar-refractivity contribution in [1.29, 1.82) is 0 Å². The molecule has 344 valence electrons. The van der Waals surface area contributed by atoms with Crippen LogP contribution < -0.4 is 20.2 Å². The molecule has 63 heavy (non-hydrogen) atoms. The van der Waals surface area contributed by atoms with E-state index in [0.29, 0.717) is 11.8 Å². The summed E-state index contributed by atoms with van der Waals surface area (Å²) in [6, 6.07) is 17.7. The third kappa shape index (κ3) is 13.3. The second-order valence-corrected chi connectivity index (χ2v) is 22.7. The Bertz CT molecular complexity index is 2170. The molecule has 0 aliphatic carbocycles. The third-order valence-corrected chi connectivity index (χ3v) is 17.0. The largest absolute Gasteiger partial charge is 0.307 e. The Hall–Kier alpha value is -3.00. The van der Waals surface area contributed by atoms with Crippen LogP contribution in [0.4, 0.5) is 11.4 Å². The number of anilines is 2.